The van der Waals surface area contributed by atoms with Gasteiger partial charge in [0.05, 0.1) is 17.6 Å². The molecule has 0 spiro atoms. The van der Waals surface area contributed by atoms with E-state index in [-0.39, 0.29) is 5.92 Å². The third-order valence-corrected chi connectivity index (χ3v) is 6.01. The smallest absolute Gasteiger partial charge is 0.119 e. The number of aromatic nitrogens is 2. The number of aryl methyl sites for hydroxylation is 2. The summed E-state index contributed by atoms with van der Waals surface area (Å²) in [5.41, 5.74) is 6.21. The summed E-state index contributed by atoms with van der Waals surface area (Å²) in [6, 6.07) is 25.8. The molecule has 166 valence electrons. The van der Waals surface area contributed by atoms with E-state index < -0.39 is 0 Å². The molecule has 1 heterocycles. The lowest BCUT2D eigenvalue weighted by molar-refractivity contribution is 0.301. The van der Waals surface area contributed by atoms with Crippen LogP contribution in [0.15, 0.2) is 72.8 Å². The van der Waals surface area contributed by atoms with Gasteiger partial charge in [0, 0.05) is 12.5 Å². The van der Waals surface area contributed by atoms with E-state index in [1.165, 1.54) is 22.2 Å². The molecule has 0 unspecified atom stereocenters. The summed E-state index contributed by atoms with van der Waals surface area (Å²) in [6.07, 6.45) is 2.05. The quantitative estimate of drug-likeness (QED) is 0.265. The summed E-state index contributed by atoms with van der Waals surface area (Å²) in [5.74, 6) is 2.96. The predicted molar refractivity (Wildman–Crippen MR) is 134 cm³/mol. The zero-order valence-electron chi connectivity index (χ0n) is 19.7. The Morgan fingerprint density at radius 2 is 1.59 bits per heavy atom. The number of nitrogens with zero attached hydrogens (tertiary/aromatic N) is 2. The maximum Gasteiger partial charge on any atom is 0.119 e. The van der Waals surface area contributed by atoms with E-state index in [4.69, 9.17) is 9.72 Å². The topological polar surface area (TPSA) is 27.1 Å². The van der Waals surface area contributed by atoms with Gasteiger partial charge in [0.15, 0.2) is 0 Å². The van der Waals surface area contributed by atoms with Crippen molar-refractivity contribution in [3.63, 3.8) is 0 Å². The van der Waals surface area contributed by atoms with Crippen LogP contribution in [-0.4, -0.2) is 16.2 Å². The lowest BCUT2D eigenvalue weighted by Gasteiger charge is -2.16. The Morgan fingerprint density at radius 1 is 0.875 bits per heavy atom. The van der Waals surface area contributed by atoms with Crippen molar-refractivity contribution in [2.45, 2.75) is 53.0 Å². The molecule has 0 aliphatic carbocycles. The van der Waals surface area contributed by atoms with Crippen molar-refractivity contribution in [3.05, 3.63) is 95.3 Å². The molecule has 0 saturated heterocycles. The number of benzene rings is 3. The molecule has 4 aromatic rings. The highest BCUT2D eigenvalue weighted by Crippen LogP contribution is 2.28. The number of hydrogen-bond donors (Lipinski definition) is 0. The molecule has 0 fully saturated rings. The molecule has 3 aromatic carbocycles. The van der Waals surface area contributed by atoms with Crippen LogP contribution in [0.25, 0.3) is 11.0 Å². The molecule has 32 heavy (non-hydrogen) atoms. The maximum atomic E-state index is 5.97. The first-order valence-corrected chi connectivity index (χ1v) is 11.7. The van der Waals surface area contributed by atoms with E-state index in [2.05, 4.69) is 92.9 Å². The fraction of sp³-hybridized carbons (Fsp3) is 0.345. The minimum absolute atomic E-state index is 0.230. The average molecular weight is 427 g/mol. The van der Waals surface area contributed by atoms with Gasteiger partial charge in [-0.1, -0.05) is 74.9 Å². The molecular weight excluding hydrogens is 392 g/mol. The van der Waals surface area contributed by atoms with Crippen molar-refractivity contribution < 1.29 is 4.74 Å². The molecule has 0 aliphatic rings. The molecular formula is C29H34N2O. The molecule has 0 radical (unpaired) electrons. The standard InChI is InChI=1S/C29H34N2O/c1-21(2)20-24-12-14-25(15-13-24)23(4)29-30-27-8-5-6-9-28(27)31(29)18-7-19-32-26-16-10-22(3)11-17-26/h5-6,8-17,21,23H,7,18-20H2,1-4H3/t23-/m0/s1. The highest BCUT2D eigenvalue weighted by Gasteiger charge is 2.18. The fourth-order valence-corrected chi connectivity index (χ4v) is 4.27. The van der Waals surface area contributed by atoms with Gasteiger partial charge in [-0.05, 0) is 61.1 Å². The first kappa shape index (κ1) is 22.1. The van der Waals surface area contributed by atoms with Crippen LogP contribution in [0.5, 0.6) is 5.75 Å². The zero-order chi connectivity index (χ0) is 22.5. The van der Waals surface area contributed by atoms with Gasteiger partial charge in [-0.25, -0.2) is 4.98 Å². The molecule has 0 bridgehead atoms. The maximum absolute atomic E-state index is 5.97. The monoisotopic (exact) mass is 426 g/mol. The van der Waals surface area contributed by atoms with Crippen LogP contribution in [-0.2, 0) is 13.0 Å². The van der Waals surface area contributed by atoms with Crippen molar-refractivity contribution in [2.24, 2.45) is 5.92 Å². The highest BCUT2D eigenvalue weighted by molar-refractivity contribution is 5.76. The number of rotatable bonds is 9. The first-order chi connectivity index (χ1) is 15.5. The van der Waals surface area contributed by atoms with Gasteiger partial charge in [-0.15, -0.1) is 0 Å². The van der Waals surface area contributed by atoms with Crippen molar-refractivity contribution in [3.8, 4) is 5.75 Å². The third-order valence-electron chi connectivity index (χ3n) is 6.01. The van der Waals surface area contributed by atoms with Gasteiger partial charge in [0.1, 0.15) is 11.6 Å². The van der Waals surface area contributed by atoms with Gasteiger partial charge in [-0.2, -0.15) is 0 Å². The largest absolute Gasteiger partial charge is 0.494 e. The van der Waals surface area contributed by atoms with Crippen LogP contribution in [0.4, 0.5) is 0 Å². The van der Waals surface area contributed by atoms with Crippen LogP contribution in [0, 0.1) is 12.8 Å². The second kappa shape index (κ2) is 10.0. The number of ether oxygens (including phenoxy) is 1. The van der Waals surface area contributed by atoms with Crippen molar-refractivity contribution in [1.82, 2.24) is 9.55 Å². The summed E-state index contributed by atoms with van der Waals surface area (Å²) < 4.78 is 8.34. The summed E-state index contributed by atoms with van der Waals surface area (Å²) in [6.45, 7) is 10.5. The van der Waals surface area contributed by atoms with Crippen LogP contribution >= 0.6 is 0 Å². The molecule has 3 heteroatoms. The fourth-order valence-electron chi connectivity index (χ4n) is 4.27. The van der Waals surface area contributed by atoms with Gasteiger partial charge in [0.2, 0.25) is 0 Å². The van der Waals surface area contributed by atoms with Gasteiger partial charge in [-0.3, -0.25) is 0 Å². The first-order valence-electron chi connectivity index (χ1n) is 11.7. The Kier molecular flexibility index (Phi) is 6.94. The van der Waals surface area contributed by atoms with E-state index in [1.807, 2.05) is 12.1 Å². The third kappa shape index (κ3) is 5.21. The van der Waals surface area contributed by atoms with Gasteiger partial charge < -0.3 is 9.30 Å². The van der Waals surface area contributed by atoms with E-state index in [0.717, 1.165) is 36.5 Å². The van der Waals surface area contributed by atoms with E-state index >= 15 is 0 Å². The molecule has 1 atom stereocenters. The number of fused-ring (bicyclic) bond motifs is 1. The predicted octanol–water partition coefficient (Wildman–Crippen LogP) is 7.16. The van der Waals surface area contributed by atoms with E-state index in [0.29, 0.717) is 12.5 Å². The molecule has 0 aliphatic heterocycles. The van der Waals surface area contributed by atoms with Crippen molar-refractivity contribution >= 4 is 11.0 Å². The highest BCUT2D eigenvalue weighted by atomic mass is 16.5. The SMILES string of the molecule is Cc1ccc(OCCCn2c([C@@H](C)c3ccc(CC(C)C)cc3)nc3ccccc32)cc1. The van der Waals surface area contributed by atoms with Gasteiger partial charge >= 0.3 is 0 Å². The Balaban J connectivity index is 1.51. The average Bonchev–Trinajstić information content (AvgIpc) is 3.16. The van der Waals surface area contributed by atoms with Crippen LogP contribution in [0.1, 0.15) is 55.6 Å². The summed E-state index contributed by atoms with van der Waals surface area (Å²) >= 11 is 0. The summed E-state index contributed by atoms with van der Waals surface area (Å²) in [5, 5.41) is 0. The van der Waals surface area contributed by atoms with Crippen LogP contribution < -0.4 is 4.74 Å². The molecule has 0 saturated carbocycles. The Morgan fingerprint density at radius 3 is 2.31 bits per heavy atom. The molecule has 0 amide bonds. The number of imidazole rings is 1. The second-order valence-corrected chi connectivity index (χ2v) is 9.19. The molecule has 0 N–H and O–H groups in total. The Labute approximate surface area is 192 Å². The minimum atomic E-state index is 0.230. The molecule has 4 rings (SSSR count). The van der Waals surface area contributed by atoms with Crippen molar-refractivity contribution in [1.29, 1.82) is 0 Å². The van der Waals surface area contributed by atoms with Crippen molar-refractivity contribution in [2.75, 3.05) is 6.61 Å². The second-order valence-electron chi connectivity index (χ2n) is 9.19. The molecule has 1 aromatic heterocycles. The summed E-state index contributed by atoms with van der Waals surface area (Å²) in [4.78, 5) is 5.03. The molecule has 3 nitrogen and oxygen atoms in total. The summed E-state index contributed by atoms with van der Waals surface area (Å²) in [7, 11) is 0. The normalized spacial score (nSPS) is 12.4. The number of para-hydroxylation sites is 2. The minimum Gasteiger partial charge on any atom is -0.494 e. The lowest BCUT2D eigenvalue weighted by atomic mass is 9.96. The van der Waals surface area contributed by atoms with Crippen LogP contribution in [0.2, 0.25) is 0 Å². The van der Waals surface area contributed by atoms with E-state index in [1.54, 1.807) is 0 Å². The lowest BCUT2D eigenvalue weighted by Crippen LogP contribution is -2.11. The van der Waals surface area contributed by atoms with Gasteiger partial charge in [0.25, 0.3) is 0 Å². The van der Waals surface area contributed by atoms with E-state index in [9.17, 15) is 0 Å². The Bertz CT molecular complexity index is 1140. The number of hydrogen-bond acceptors (Lipinski definition) is 2. The van der Waals surface area contributed by atoms with Crippen LogP contribution in [0.3, 0.4) is 0 Å². The Hall–Kier alpha value is -3.07. The zero-order valence-corrected chi connectivity index (χ0v) is 19.7.